The van der Waals surface area contributed by atoms with E-state index < -0.39 is 11.8 Å². The predicted molar refractivity (Wildman–Crippen MR) is 67.5 cm³/mol. The molecular weight excluding hydrogens is 325 g/mol. The summed E-state index contributed by atoms with van der Waals surface area (Å²) < 4.78 is 18.9. The molecule has 2 aromatic rings. The minimum absolute atomic E-state index is 0.00980. The van der Waals surface area contributed by atoms with Crippen LogP contribution in [0.1, 0.15) is 15.5 Å². The summed E-state index contributed by atoms with van der Waals surface area (Å²) in [7, 11) is 0. The van der Waals surface area contributed by atoms with Gasteiger partial charge in [-0.15, -0.1) is 11.3 Å². The van der Waals surface area contributed by atoms with Crippen LogP contribution in [0.15, 0.2) is 28.1 Å². The van der Waals surface area contributed by atoms with Crippen LogP contribution >= 0.6 is 27.3 Å². The molecule has 2 rings (SSSR count). The van der Waals surface area contributed by atoms with Crippen molar-refractivity contribution in [3.63, 3.8) is 0 Å². The lowest BCUT2D eigenvalue weighted by Crippen LogP contribution is -1.99. The summed E-state index contributed by atoms with van der Waals surface area (Å²) in [6.45, 7) is 0.102. The molecule has 0 radical (unpaired) electrons. The summed E-state index contributed by atoms with van der Waals surface area (Å²) in [4.78, 5) is 14.5. The third kappa shape index (κ3) is 3.05. The molecule has 1 heterocycles. The maximum atomic E-state index is 13.2. The molecule has 1 N–H and O–H groups in total. The molecule has 4 nitrogen and oxygen atoms in total. The minimum Gasteiger partial charge on any atom is -0.487 e. The number of nitrogens with zero attached hydrogens (tertiary/aromatic N) is 1. The molecule has 0 bridgehead atoms. The van der Waals surface area contributed by atoms with Crippen molar-refractivity contribution in [3.05, 3.63) is 44.6 Å². The number of hydrogen-bond donors (Lipinski definition) is 1. The quantitative estimate of drug-likeness (QED) is 0.933. The minimum atomic E-state index is -1.07. The Bertz CT molecular complexity index is 587. The number of aromatic carboxylic acids is 1. The normalized spacial score (nSPS) is 10.3. The monoisotopic (exact) mass is 331 g/mol. The SMILES string of the molecule is O=C(O)c1nc(COc2ccc(Br)c(F)c2)cs1. The molecule has 0 fully saturated rings. The van der Waals surface area contributed by atoms with E-state index in [0.717, 1.165) is 11.3 Å². The topological polar surface area (TPSA) is 59.4 Å². The first-order chi connectivity index (χ1) is 8.56. The van der Waals surface area contributed by atoms with Crippen LogP contribution < -0.4 is 4.74 Å². The highest BCUT2D eigenvalue weighted by Crippen LogP contribution is 2.22. The van der Waals surface area contributed by atoms with E-state index in [-0.39, 0.29) is 11.6 Å². The Hall–Kier alpha value is -1.47. The number of ether oxygens (including phenoxy) is 1. The maximum absolute atomic E-state index is 13.2. The fraction of sp³-hybridized carbons (Fsp3) is 0.0909. The van der Waals surface area contributed by atoms with Crippen molar-refractivity contribution in [2.45, 2.75) is 6.61 Å². The summed E-state index contributed by atoms with van der Waals surface area (Å²) in [5.74, 6) is -1.13. The van der Waals surface area contributed by atoms with Gasteiger partial charge in [0.15, 0.2) is 0 Å². The van der Waals surface area contributed by atoms with Gasteiger partial charge in [-0.25, -0.2) is 14.2 Å². The van der Waals surface area contributed by atoms with Gasteiger partial charge < -0.3 is 9.84 Å². The summed E-state index contributed by atoms with van der Waals surface area (Å²) in [6.07, 6.45) is 0. The molecule has 1 aromatic heterocycles. The molecule has 0 amide bonds. The summed E-state index contributed by atoms with van der Waals surface area (Å²) in [6, 6.07) is 4.39. The summed E-state index contributed by atoms with van der Waals surface area (Å²) in [5, 5.41) is 10.3. The maximum Gasteiger partial charge on any atom is 0.365 e. The Balaban J connectivity index is 2.02. The van der Waals surface area contributed by atoms with Crippen molar-refractivity contribution in [1.29, 1.82) is 0 Å². The van der Waals surface area contributed by atoms with E-state index in [9.17, 15) is 9.18 Å². The Kier molecular flexibility index (Phi) is 3.93. The van der Waals surface area contributed by atoms with E-state index in [1.165, 1.54) is 12.1 Å². The Morgan fingerprint density at radius 1 is 1.56 bits per heavy atom. The van der Waals surface area contributed by atoms with Crippen molar-refractivity contribution >= 4 is 33.2 Å². The second kappa shape index (κ2) is 5.45. The largest absolute Gasteiger partial charge is 0.487 e. The molecule has 0 saturated carbocycles. The Labute approximate surface area is 114 Å². The van der Waals surface area contributed by atoms with Crippen molar-refractivity contribution in [1.82, 2.24) is 4.98 Å². The average molecular weight is 332 g/mol. The highest BCUT2D eigenvalue weighted by molar-refractivity contribution is 9.10. The van der Waals surface area contributed by atoms with Gasteiger partial charge in [0.2, 0.25) is 5.01 Å². The second-order valence-electron chi connectivity index (χ2n) is 3.31. The number of halogens is 2. The standard InChI is InChI=1S/C11H7BrFNO3S/c12-8-2-1-7(3-9(8)13)17-4-6-5-18-10(14-6)11(15)16/h1-3,5H,4H2,(H,15,16). The molecule has 0 spiro atoms. The lowest BCUT2D eigenvalue weighted by Gasteiger charge is -2.04. The number of aromatic nitrogens is 1. The lowest BCUT2D eigenvalue weighted by molar-refractivity contribution is 0.0696. The first-order valence-electron chi connectivity index (χ1n) is 4.82. The molecule has 0 aliphatic carbocycles. The number of benzene rings is 1. The van der Waals surface area contributed by atoms with E-state index in [1.54, 1.807) is 11.4 Å². The molecule has 0 aliphatic rings. The molecule has 94 valence electrons. The van der Waals surface area contributed by atoms with E-state index in [1.807, 2.05) is 0 Å². The number of carboxylic acids is 1. The zero-order valence-electron chi connectivity index (χ0n) is 8.89. The first kappa shape index (κ1) is 13.0. The van der Waals surface area contributed by atoms with E-state index >= 15 is 0 Å². The summed E-state index contributed by atoms with van der Waals surface area (Å²) in [5.41, 5.74) is 0.501. The van der Waals surface area contributed by atoms with Crippen LogP contribution in [0.3, 0.4) is 0 Å². The van der Waals surface area contributed by atoms with Gasteiger partial charge in [-0.3, -0.25) is 0 Å². The smallest absolute Gasteiger partial charge is 0.365 e. The van der Waals surface area contributed by atoms with Crippen LogP contribution in [0.4, 0.5) is 4.39 Å². The molecular formula is C11H7BrFNO3S. The third-order valence-corrected chi connectivity index (χ3v) is 3.53. The number of rotatable bonds is 4. The zero-order chi connectivity index (χ0) is 13.1. The fourth-order valence-electron chi connectivity index (χ4n) is 1.20. The van der Waals surface area contributed by atoms with Gasteiger partial charge >= 0.3 is 5.97 Å². The highest BCUT2D eigenvalue weighted by Gasteiger charge is 2.09. The van der Waals surface area contributed by atoms with Gasteiger partial charge in [0.25, 0.3) is 0 Å². The summed E-state index contributed by atoms with van der Waals surface area (Å²) >= 11 is 4.06. The van der Waals surface area contributed by atoms with E-state index in [0.29, 0.717) is 15.9 Å². The van der Waals surface area contributed by atoms with Crippen LogP contribution in [0.2, 0.25) is 0 Å². The van der Waals surface area contributed by atoms with Gasteiger partial charge in [-0.05, 0) is 28.1 Å². The first-order valence-corrected chi connectivity index (χ1v) is 6.49. The molecule has 18 heavy (non-hydrogen) atoms. The number of thiazole rings is 1. The van der Waals surface area contributed by atoms with E-state index in [2.05, 4.69) is 20.9 Å². The van der Waals surface area contributed by atoms with Crippen LogP contribution in [-0.2, 0) is 6.61 Å². The van der Waals surface area contributed by atoms with Crippen molar-refractivity contribution < 1.29 is 19.0 Å². The number of carbonyl (C=O) groups is 1. The lowest BCUT2D eigenvalue weighted by atomic mass is 10.3. The van der Waals surface area contributed by atoms with Gasteiger partial charge in [-0.1, -0.05) is 0 Å². The molecule has 0 aliphatic heterocycles. The molecule has 0 saturated heterocycles. The van der Waals surface area contributed by atoms with Gasteiger partial charge in [0.05, 0.1) is 10.2 Å². The molecule has 0 atom stereocenters. The molecule has 1 aromatic carbocycles. The average Bonchev–Trinajstić information content (AvgIpc) is 2.79. The zero-order valence-corrected chi connectivity index (χ0v) is 11.3. The van der Waals surface area contributed by atoms with Gasteiger partial charge in [-0.2, -0.15) is 0 Å². The Morgan fingerprint density at radius 3 is 2.94 bits per heavy atom. The van der Waals surface area contributed by atoms with Crippen LogP contribution in [-0.4, -0.2) is 16.1 Å². The highest BCUT2D eigenvalue weighted by atomic mass is 79.9. The van der Waals surface area contributed by atoms with Crippen molar-refractivity contribution in [2.24, 2.45) is 0 Å². The molecule has 7 heteroatoms. The molecule has 0 unspecified atom stereocenters. The van der Waals surface area contributed by atoms with Crippen LogP contribution in [0.5, 0.6) is 5.75 Å². The second-order valence-corrected chi connectivity index (χ2v) is 5.03. The van der Waals surface area contributed by atoms with Crippen molar-refractivity contribution in [3.8, 4) is 5.75 Å². The van der Waals surface area contributed by atoms with Crippen LogP contribution in [0.25, 0.3) is 0 Å². The van der Waals surface area contributed by atoms with Crippen molar-refractivity contribution in [2.75, 3.05) is 0 Å². The van der Waals surface area contributed by atoms with Gasteiger partial charge in [0.1, 0.15) is 18.2 Å². The van der Waals surface area contributed by atoms with Crippen LogP contribution in [0, 0.1) is 5.82 Å². The van der Waals surface area contributed by atoms with Gasteiger partial charge in [0, 0.05) is 11.4 Å². The number of carboxylic acid groups (broad SMARTS) is 1. The number of hydrogen-bond acceptors (Lipinski definition) is 4. The Morgan fingerprint density at radius 2 is 2.33 bits per heavy atom. The third-order valence-electron chi connectivity index (χ3n) is 2.01. The predicted octanol–water partition coefficient (Wildman–Crippen LogP) is 3.32. The fourth-order valence-corrected chi connectivity index (χ4v) is 2.08. The van der Waals surface area contributed by atoms with E-state index in [4.69, 9.17) is 9.84 Å².